The Morgan fingerprint density at radius 1 is 1.06 bits per heavy atom. The van der Waals surface area contributed by atoms with Gasteiger partial charge in [-0.25, -0.2) is 4.98 Å². The predicted octanol–water partition coefficient (Wildman–Crippen LogP) is 3.93. The number of carbonyl (C=O) groups excluding carboxylic acids is 1. The Labute approximate surface area is 210 Å². The summed E-state index contributed by atoms with van der Waals surface area (Å²) in [4.78, 5) is 29.2. The largest absolute Gasteiger partial charge is 0.340 e. The average Bonchev–Trinajstić information content (AvgIpc) is 3.53. The van der Waals surface area contributed by atoms with Crippen LogP contribution in [0.15, 0.2) is 34.2 Å². The summed E-state index contributed by atoms with van der Waals surface area (Å²) in [6, 6.07) is 8.16. The molecule has 3 aromatic rings. The monoisotopic (exact) mass is 494 g/mol. The molecule has 2 aliphatic rings. The van der Waals surface area contributed by atoms with Crippen LogP contribution in [-0.2, 0) is 11.3 Å². The standard InChI is InChI=1S/C26H34N6O2S/c1-18-4-6-21(7-5-18)24-28-25(34-29-24)19(2)31-12-14-32(15-13-31)26(33)22-8-10-30(11-9-22)16-23-17-35-20(3)27-23/h4-7,17,19,22H,8-16H2,1-3H3. The van der Waals surface area contributed by atoms with Crippen molar-refractivity contribution < 1.29 is 9.32 Å². The lowest BCUT2D eigenvalue weighted by atomic mass is 9.95. The number of aromatic nitrogens is 3. The van der Waals surface area contributed by atoms with Gasteiger partial charge < -0.3 is 9.42 Å². The zero-order chi connectivity index (χ0) is 24.4. The molecule has 0 aliphatic carbocycles. The van der Waals surface area contributed by atoms with Gasteiger partial charge in [-0.2, -0.15) is 4.98 Å². The van der Waals surface area contributed by atoms with Crippen LogP contribution in [0, 0.1) is 19.8 Å². The van der Waals surface area contributed by atoms with E-state index in [-0.39, 0.29) is 12.0 Å². The Morgan fingerprint density at radius 3 is 2.43 bits per heavy atom. The number of likely N-dealkylation sites (tertiary alicyclic amines) is 1. The fourth-order valence-electron chi connectivity index (χ4n) is 5.02. The first kappa shape index (κ1) is 24.1. The molecule has 2 fully saturated rings. The van der Waals surface area contributed by atoms with E-state index in [0.29, 0.717) is 17.6 Å². The molecule has 1 atom stereocenters. The smallest absolute Gasteiger partial charge is 0.244 e. The van der Waals surface area contributed by atoms with Gasteiger partial charge in [0, 0.05) is 49.6 Å². The molecule has 35 heavy (non-hydrogen) atoms. The number of benzene rings is 1. The fraction of sp³-hybridized carbons (Fsp3) is 0.538. The molecule has 9 heteroatoms. The van der Waals surface area contributed by atoms with Crippen LogP contribution >= 0.6 is 11.3 Å². The van der Waals surface area contributed by atoms with Gasteiger partial charge >= 0.3 is 0 Å². The van der Waals surface area contributed by atoms with E-state index in [2.05, 4.69) is 61.2 Å². The normalized spacial score (nSPS) is 19.2. The molecule has 4 heterocycles. The summed E-state index contributed by atoms with van der Waals surface area (Å²) in [5, 5.41) is 7.44. The van der Waals surface area contributed by atoms with Crippen molar-refractivity contribution in [1.82, 2.24) is 29.8 Å². The molecule has 1 aromatic carbocycles. The Balaban J connectivity index is 1.09. The van der Waals surface area contributed by atoms with Gasteiger partial charge in [0.1, 0.15) is 0 Å². The second-order valence-electron chi connectivity index (χ2n) is 9.77. The summed E-state index contributed by atoms with van der Waals surface area (Å²) in [6.07, 6.45) is 1.87. The Hall–Kier alpha value is -2.62. The number of aryl methyl sites for hydroxylation is 2. The van der Waals surface area contributed by atoms with Crippen LogP contribution in [0.4, 0.5) is 0 Å². The minimum atomic E-state index is 0.0246. The van der Waals surface area contributed by atoms with E-state index in [1.54, 1.807) is 11.3 Å². The topological polar surface area (TPSA) is 78.6 Å². The van der Waals surface area contributed by atoms with Crippen molar-refractivity contribution in [1.29, 1.82) is 0 Å². The van der Waals surface area contributed by atoms with Crippen LogP contribution in [0.1, 0.15) is 48.0 Å². The molecule has 8 nitrogen and oxygen atoms in total. The number of hydrogen-bond donors (Lipinski definition) is 0. The molecule has 5 rings (SSSR count). The van der Waals surface area contributed by atoms with Gasteiger partial charge in [0.15, 0.2) is 0 Å². The maximum absolute atomic E-state index is 13.2. The van der Waals surface area contributed by atoms with Crippen LogP contribution in [0.25, 0.3) is 11.4 Å². The maximum Gasteiger partial charge on any atom is 0.244 e. The Kier molecular flexibility index (Phi) is 7.27. The summed E-state index contributed by atoms with van der Waals surface area (Å²) < 4.78 is 5.60. The fourth-order valence-corrected chi connectivity index (χ4v) is 5.62. The summed E-state index contributed by atoms with van der Waals surface area (Å²) >= 11 is 1.70. The SMILES string of the molecule is Cc1ccc(-c2noc(C(C)N3CCN(C(=O)C4CCN(Cc5csc(C)n5)CC4)CC3)n2)cc1. The third-order valence-corrected chi connectivity index (χ3v) is 8.09. The lowest BCUT2D eigenvalue weighted by molar-refractivity contribution is -0.139. The van der Waals surface area contributed by atoms with E-state index in [1.807, 2.05) is 19.1 Å². The zero-order valence-electron chi connectivity index (χ0n) is 20.8. The van der Waals surface area contributed by atoms with Crippen molar-refractivity contribution in [2.24, 2.45) is 5.92 Å². The molecule has 0 bridgehead atoms. The predicted molar refractivity (Wildman–Crippen MR) is 136 cm³/mol. The van der Waals surface area contributed by atoms with Crippen molar-refractivity contribution in [3.8, 4) is 11.4 Å². The number of piperidine rings is 1. The average molecular weight is 495 g/mol. The van der Waals surface area contributed by atoms with E-state index in [4.69, 9.17) is 4.52 Å². The number of rotatable bonds is 6. The first-order valence-electron chi connectivity index (χ1n) is 12.5. The van der Waals surface area contributed by atoms with E-state index in [1.165, 1.54) is 5.56 Å². The van der Waals surface area contributed by atoms with Gasteiger partial charge in [-0.05, 0) is 46.7 Å². The number of amides is 1. The van der Waals surface area contributed by atoms with Crippen molar-refractivity contribution in [2.45, 2.75) is 46.2 Å². The van der Waals surface area contributed by atoms with Crippen LogP contribution in [0.3, 0.4) is 0 Å². The van der Waals surface area contributed by atoms with E-state index >= 15 is 0 Å². The van der Waals surface area contributed by atoms with Gasteiger partial charge in [0.25, 0.3) is 0 Å². The quantitative estimate of drug-likeness (QED) is 0.514. The second kappa shape index (κ2) is 10.6. The molecule has 2 aliphatic heterocycles. The van der Waals surface area contributed by atoms with Crippen molar-refractivity contribution >= 4 is 17.2 Å². The maximum atomic E-state index is 13.2. The van der Waals surface area contributed by atoms with Crippen molar-refractivity contribution in [3.05, 3.63) is 51.8 Å². The van der Waals surface area contributed by atoms with Gasteiger partial charge in [-0.3, -0.25) is 14.6 Å². The highest BCUT2D eigenvalue weighted by molar-refractivity contribution is 7.09. The lowest BCUT2D eigenvalue weighted by Gasteiger charge is -2.39. The summed E-state index contributed by atoms with van der Waals surface area (Å²) in [7, 11) is 0. The van der Waals surface area contributed by atoms with E-state index in [9.17, 15) is 4.79 Å². The van der Waals surface area contributed by atoms with Gasteiger partial charge in [-0.1, -0.05) is 35.0 Å². The minimum Gasteiger partial charge on any atom is -0.340 e. The number of carbonyl (C=O) groups is 1. The van der Waals surface area contributed by atoms with E-state index < -0.39 is 0 Å². The number of hydrogen-bond acceptors (Lipinski definition) is 8. The van der Waals surface area contributed by atoms with Crippen LogP contribution < -0.4 is 0 Å². The minimum absolute atomic E-state index is 0.0246. The third kappa shape index (κ3) is 5.63. The number of nitrogens with zero attached hydrogens (tertiary/aromatic N) is 6. The molecule has 0 N–H and O–H groups in total. The van der Waals surface area contributed by atoms with Gasteiger partial charge in [0.2, 0.25) is 17.6 Å². The highest BCUT2D eigenvalue weighted by atomic mass is 32.1. The zero-order valence-corrected chi connectivity index (χ0v) is 21.6. The van der Waals surface area contributed by atoms with Crippen LogP contribution in [-0.4, -0.2) is 75.0 Å². The second-order valence-corrected chi connectivity index (χ2v) is 10.8. The summed E-state index contributed by atoms with van der Waals surface area (Å²) in [6.45, 7) is 12.2. The highest BCUT2D eigenvalue weighted by Crippen LogP contribution is 2.26. The molecular weight excluding hydrogens is 460 g/mol. The van der Waals surface area contributed by atoms with Crippen LogP contribution in [0.5, 0.6) is 0 Å². The molecule has 0 spiro atoms. The first-order chi connectivity index (χ1) is 17.0. The molecule has 2 saturated heterocycles. The van der Waals surface area contributed by atoms with Gasteiger partial charge in [-0.15, -0.1) is 11.3 Å². The number of thiazole rings is 1. The van der Waals surface area contributed by atoms with E-state index in [0.717, 1.165) is 74.9 Å². The summed E-state index contributed by atoms with van der Waals surface area (Å²) in [5.74, 6) is 1.71. The third-order valence-electron chi connectivity index (χ3n) is 7.27. The van der Waals surface area contributed by atoms with Crippen molar-refractivity contribution in [3.63, 3.8) is 0 Å². The molecule has 2 aromatic heterocycles. The van der Waals surface area contributed by atoms with Gasteiger partial charge in [0.05, 0.1) is 16.7 Å². The van der Waals surface area contributed by atoms with Crippen LogP contribution in [0.2, 0.25) is 0 Å². The Bertz CT molecular complexity index is 1130. The van der Waals surface area contributed by atoms with Crippen molar-refractivity contribution in [2.75, 3.05) is 39.3 Å². The molecule has 0 radical (unpaired) electrons. The lowest BCUT2D eigenvalue weighted by Crippen LogP contribution is -2.52. The molecule has 186 valence electrons. The number of piperazine rings is 1. The molecule has 1 unspecified atom stereocenters. The molecule has 0 saturated carbocycles. The highest BCUT2D eigenvalue weighted by Gasteiger charge is 2.32. The molecular formula is C26H34N6O2S. The molecule has 1 amide bonds. The summed E-state index contributed by atoms with van der Waals surface area (Å²) in [5.41, 5.74) is 3.31. The Morgan fingerprint density at radius 2 is 1.77 bits per heavy atom. The first-order valence-corrected chi connectivity index (χ1v) is 13.4.